The first-order chi connectivity index (χ1) is 9.37. The monoisotopic (exact) mass is 276 g/mol. The number of carbonyl (C=O) groups is 1. The molecule has 0 spiro atoms. The highest BCUT2D eigenvalue weighted by molar-refractivity contribution is 5.90. The molecule has 20 heavy (non-hydrogen) atoms. The molecule has 2 heterocycles. The molecule has 2 rings (SSSR count). The van der Waals surface area contributed by atoms with Gasteiger partial charge in [0.1, 0.15) is 11.4 Å². The molecule has 0 aromatic carbocycles. The molecular weight excluding hydrogens is 252 g/mol. The van der Waals surface area contributed by atoms with Crippen molar-refractivity contribution in [1.29, 1.82) is 0 Å². The van der Waals surface area contributed by atoms with Crippen LogP contribution in [-0.2, 0) is 4.79 Å². The Bertz CT molecular complexity index is 500. The molecule has 1 aromatic rings. The summed E-state index contributed by atoms with van der Waals surface area (Å²) in [5, 5.41) is 3.23. The maximum Gasteiger partial charge on any atom is 0.247 e. The van der Waals surface area contributed by atoms with Crippen LogP contribution in [0.3, 0.4) is 0 Å². The van der Waals surface area contributed by atoms with E-state index in [-0.39, 0.29) is 11.9 Å². The zero-order valence-corrected chi connectivity index (χ0v) is 13.0. The van der Waals surface area contributed by atoms with E-state index >= 15 is 0 Å². The van der Waals surface area contributed by atoms with Crippen molar-refractivity contribution < 1.29 is 4.79 Å². The number of piperazine rings is 1. The fraction of sp³-hybridized carbons (Fsp3) is 0.600. The summed E-state index contributed by atoms with van der Waals surface area (Å²) in [6.07, 6.45) is 1.82. The van der Waals surface area contributed by atoms with Crippen molar-refractivity contribution in [2.45, 2.75) is 32.4 Å². The van der Waals surface area contributed by atoms with Crippen LogP contribution in [0.5, 0.6) is 0 Å². The molecule has 0 bridgehead atoms. The van der Waals surface area contributed by atoms with Crippen molar-refractivity contribution >= 4 is 11.7 Å². The second kappa shape index (κ2) is 5.40. The van der Waals surface area contributed by atoms with E-state index in [1.165, 1.54) is 5.56 Å². The van der Waals surface area contributed by atoms with Crippen LogP contribution in [0.25, 0.3) is 0 Å². The van der Waals surface area contributed by atoms with Gasteiger partial charge in [-0.3, -0.25) is 4.79 Å². The Morgan fingerprint density at radius 3 is 2.75 bits per heavy atom. The van der Waals surface area contributed by atoms with Crippen molar-refractivity contribution in [1.82, 2.24) is 15.2 Å². The lowest BCUT2D eigenvalue weighted by atomic mass is 9.97. The average Bonchev–Trinajstić information content (AvgIpc) is 2.44. The number of hydrogen-bond acceptors (Lipinski definition) is 4. The van der Waals surface area contributed by atoms with E-state index in [0.717, 1.165) is 18.9 Å². The number of aromatic nitrogens is 1. The lowest BCUT2D eigenvalue weighted by Crippen LogP contribution is -2.62. The number of anilines is 1. The fourth-order valence-corrected chi connectivity index (χ4v) is 2.63. The van der Waals surface area contributed by atoms with Crippen molar-refractivity contribution in [2.75, 3.05) is 32.1 Å². The van der Waals surface area contributed by atoms with Crippen molar-refractivity contribution in [3.8, 4) is 0 Å². The van der Waals surface area contributed by atoms with Crippen LogP contribution in [0.15, 0.2) is 18.3 Å². The third-order valence-electron chi connectivity index (χ3n) is 4.18. The molecule has 1 aliphatic rings. The molecule has 1 aromatic heterocycles. The predicted octanol–water partition coefficient (Wildman–Crippen LogP) is 1.42. The topological polar surface area (TPSA) is 48.5 Å². The largest absolute Gasteiger partial charge is 0.342 e. The summed E-state index contributed by atoms with van der Waals surface area (Å²) in [6.45, 7) is 7.57. The van der Waals surface area contributed by atoms with Gasteiger partial charge >= 0.3 is 0 Å². The number of carbonyl (C=O) groups excluding carboxylic acids is 1. The highest BCUT2D eigenvalue weighted by atomic mass is 16.2. The van der Waals surface area contributed by atoms with Gasteiger partial charge in [-0.1, -0.05) is 0 Å². The molecule has 0 saturated carbocycles. The summed E-state index contributed by atoms with van der Waals surface area (Å²) < 4.78 is 0. The summed E-state index contributed by atoms with van der Waals surface area (Å²) in [6, 6.07) is 4.35. The zero-order chi connectivity index (χ0) is 14.9. The number of nitrogens with zero attached hydrogens (tertiary/aromatic N) is 3. The van der Waals surface area contributed by atoms with E-state index in [4.69, 9.17) is 0 Å². The van der Waals surface area contributed by atoms with Crippen LogP contribution in [0.4, 0.5) is 5.82 Å². The Morgan fingerprint density at radius 1 is 1.40 bits per heavy atom. The Hall–Kier alpha value is -1.62. The molecule has 1 atom stereocenters. The van der Waals surface area contributed by atoms with Crippen molar-refractivity contribution in [3.63, 3.8) is 0 Å². The average molecular weight is 276 g/mol. The quantitative estimate of drug-likeness (QED) is 0.907. The number of rotatable bonds is 3. The summed E-state index contributed by atoms with van der Waals surface area (Å²) >= 11 is 0. The van der Waals surface area contributed by atoms with Crippen LogP contribution in [0.1, 0.15) is 32.4 Å². The van der Waals surface area contributed by atoms with Crippen LogP contribution in [-0.4, -0.2) is 48.5 Å². The molecular formula is C15H24N4O. The van der Waals surface area contributed by atoms with Crippen LogP contribution < -0.4 is 10.2 Å². The highest BCUT2D eigenvalue weighted by Gasteiger charge is 2.41. The molecule has 5 heteroatoms. The molecule has 0 aliphatic carbocycles. The molecule has 1 unspecified atom stereocenters. The molecule has 110 valence electrons. The number of nitrogens with one attached hydrogen (secondary N) is 1. The SMILES string of the molecule is CNC(C)c1ccnc(N2CCN(C)C(=O)C2(C)C)c1. The van der Waals surface area contributed by atoms with Gasteiger partial charge in [0.15, 0.2) is 0 Å². The number of likely N-dealkylation sites (N-methyl/N-ethyl adjacent to an activating group) is 1. The molecule has 1 amide bonds. The molecule has 1 N–H and O–H groups in total. The van der Waals surface area contributed by atoms with Crippen LogP contribution >= 0.6 is 0 Å². The zero-order valence-electron chi connectivity index (χ0n) is 13.0. The van der Waals surface area contributed by atoms with Crippen molar-refractivity contribution in [3.05, 3.63) is 23.9 Å². The van der Waals surface area contributed by atoms with E-state index < -0.39 is 5.54 Å². The minimum Gasteiger partial charge on any atom is -0.342 e. The lowest BCUT2D eigenvalue weighted by Gasteiger charge is -2.45. The molecule has 5 nitrogen and oxygen atoms in total. The maximum absolute atomic E-state index is 12.3. The Kier molecular flexibility index (Phi) is 3.99. The van der Waals surface area contributed by atoms with Gasteiger partial charge in [0.25, 0.3) is 0 Å². The summed E-state index contributed by atoms with van der Waals surface area (Å²) in [5.41, 5.74) is 0.626. The predicted molar refractivity (Wildman–Crippen MR) is 80.8 cm³/mol. The van der Waals surface area contributed by atoms with Gasteiger partial charge in [-0.2, -0.15) is 0 Å². The first-order valence-corrected chi connectivity index (χ1v) is 7.04. The second-order valence-corrected chi connectivity index (χ2v) is 5.90. The smallest absolute Gasteiger partial charge is 0.247 e. The van der Waals surface area contributed by atoms with Crippen LogP contribution in [0, 0.1) is 0 Å². The minimum atomic E-state index is -0.554. The molecule has 0 radical (unpaired) electrons. The lowest BCUT2D eigenvalue weighted by molar-refractivity contribution is -0.136. The van der Waals surface area contributed by atoms with Gasteiger partial charge in [-0.25, -0.2) is 4.98 Å². The maximum atomic E-state index is 12.3. The molecule has 1 aliphatic heterocycles. The number of amides is 1. The Morgan fingerprint density at radius 2 is 2.10 bits per heavy atom. The third-order valence-corrected chi connectivity index (χ3v) is 4.18. The molecule has 1 fully saturated rings. The van der Waals surface area contributed by atoms with Gasteiger partial charge in [0.2, 0.25) is 5.91 Å². The summed E-state index contributed by atoms with van der Waals surface area (Å²) in [7, 11) is 3.79. The van der Waals surface area contributed by atoms with Gasteiger partial charge in [-0.15, -0.1) is 0 Å². The van der Waals surface area contributed by atoms with E-state index in [1.54, 1.807) is 4.90 Å². The second-order valence-electron chi connectivity index (χ2n) is 5.90. The standard InChI is InChI=1S/C15H24N4O/c1-11(16-4)12-6-7-17-13(10-12)19-9-8-18(5)14(20)15(19,2)3/h6-7,10-11,16H,8-9H2,1-5H3. The van der Waals surface area contributed by atoms with Gasteiger partial charge in [0, 0.05) is 32.4 Å². The summed E-state index contributed by atoms with van der Waals surface area (Å²) in [5.74, 6) is 1.01. The Balaban J connectivity index is 2.34. The first kappa shape index (κ1) is 14.8. The van der Waals surface area contributed by atoms with E-state index in [1.807, 2.05) is 40.2 Å². The fourth-order valence-electron chi connectivity index (χ4n) is 2.63. The normalized spacial score (nSPS) is 20.1. The van der Waals surface area contributed by atoms with E-state index in [0.29, 0.717) is 0 Å². The van der Waals surface area contributed by atoms with E-state index in [9.17, 15) is 4.79 Å². The Labute approximate surface area is 121 Å². The minimum absolute atomic E-state index is 0.137. The van der Waals surface area contributed by atoms with Gasteiger partial charge in [0.05, 0.1) is 0 Å². The van der Waals surface area contributed by atoms with Gasteiger partial charge < -0.3 is 15.1 Å². The van der Waals surface area contributed by atoms with E-state index in [2.05, 4.69) is 28.2 Å². The first-order valence-electron chi connectivity index (χ1n) is 7.04. The number of pyridine rings is 1. The summed E-state index contributed by atoms with van der Waals surface area (Å²) in [4.78, 5) is 20.7. The third kappa shape index (κ3) is 2.50. The van der Waals surface area contributed by atoms with Gasteiger partial charge in [-0.05, 0) is 45.5 Å². The van der Waals surface area contributed by atoms with Crippen LogP contribution in [0.2, 0.25) is 0 Å². The number of hydrogen-bond donors (Lipinski definition) is 1. The highest BCUT2D eigenvalue weighted by Crippen LogP contribution is 2.28. The molecule has 1 saturated heterocycles. The van der Waals surface area contributed by atoms with Crippen molar-refractivity contribution in [2.24, 2.45) is 0 Å².